The highest BCUT2D eigenvalue weighted by Gasteiger charge is 2.20. The van der Waals surface area contributed by atoms with Crippen molar-refractivity contribution in [2.75, 3.05) is 19.5 Å². The van der Waals surface area contributed by atoms with Crippen LogP contribution in [0.4, 0.5) is 14.5 Å². The number of benzene rings is 2. The quantitative estimate of drug-likeness (QED) is 0.309. The Morgan fingerprint density at radius 3 is 2.49 bits per heavy atom. The number of hydrogen-bond donors (Lipinski definition) is 2. The number of hydrogen-bond acceptors (Lipinski definition) is 6. The van der Waals surface area contributed by atoms with Crippen LogP contribution in [-0.2, 0) is 16.8 Å². The van der Waals surface area contributed by atoms with Gasteiger partial charge in [0, 0.05) is 30.9 Å². The first-order valence-electron chi connectivity index (χ1n) is 12.1. The third-order valence-corrected chi connectivity index (χ3v) is 5.94. The Hall–Kier alpha value is -4.54. The maximum Gasteiger partial charge on any atom is 0.267 e. The fourth-order valence-electron chi connectivity index (χ4n) is 3.95. The van der Waals surface area contributed by atoms with Gasteiger partial charge in [-0.25, -0.2) is 8.78 Å². The first kappa shape index (κ1) is 27.5. The van der Waals surface area contributed by atoms with Gasteiger partial charge in [-0.05, 0) is 50.6 Å². The lowest BCUT2D eigenvalue weighted by atomic mass is 10.1. The molecule has 0 atom stereocenters. The number of anilines is 1. The lowest BCUT2D eigenvalue weighted by Gasteiger charge is -2.18. The van der Waals surface area contributed by atoms with Crippen LogP contribution in [-0.4, -0.2) is 40.7 Å². The molecule has 0 unspecified atom stereocenters. The number of amides is 2. The standard InChI is InChI=1S/C28H29F2N5O4/c1-28(2,3)35-15-17(14-33-35)34-25(36)11-16-6-7-22(19(10-16)26(29)30)39-23-8-9-32-21-13-24(38-5)20(12-18(21)23)27(37)31-4/h6-10,12-15,26H,11H2,1-5H3,(H,31,37)(H,34,36). The molecule has 0 bridgehead atoms. The third kappa shape index (κ3) is 6.14. The average molecular weight is 538 g/mol. The Balaban J connectivity index is 1.59. The zero-order valence-electron chi connectivity index (χ0n) is 22.2. The molecule has 39 heavy (non-hydrogen) atoms. The highest BCUT2D eigenvalue weighted by atomic mass is 19.3. The molecule has 0 radical (unpaired) electrons. The highest BCUT2D eigenvalue weighted by Crippen LogP contribution is 2.37. The molecule has 0 aliphatic heterocycles. The topological polar surface area (TPSA) is 107 Å². The second-order valence-electron chi connectivity index (χ2n) is 9.80. The zero-order chi connectivity index (χ0) is 28.3. The van der Waals surface area contributed by atoms with E-state index in [1.54, 1.807) is 23.0 Å². The maximum absolute atomic E-state index is 14.1. The Morgan fingerprint density at radius 2 is 1.85 bits per heavy atom. The molecule has 2 N–H and O–H groups in total. The number of rotatable bonds is 8. The van der Waals surface area contributed by atoms with Gasteiger partial charge in [-0.1, -0.05) is 6.07 Å². The van der Waals surface area contributed by atoms with Crippen molar-refractivity contribution in [3.63, 3.8) is 0 Å². The van der Waals surface area contributed by atoms with Crippen LogP contribution >= 0.6 is 0 Å². The number of carbonyl (C=O) groups excluding carboxylic acids is 2. The van der Waals surface area contributed by atoms with E-state index in [0.717, 1.165) is 0 Å². The fraction of sp³-hybridized carbons (Fsp3) is 0.286. The first-order valence-corrected chi connectivity index (χ1v) is 12.1. The summed E-state index contributed by atoms with van der Waals surface area (Å²) in [6.45, 7) is 5.94. The third-order valence-electron chi connectivity index (χ3n) is 5.94. The van der Waals surface area contributed by atoms with Gasteiger partial charge in [-0.2, -0.15) is 5.10 Å². The van der Waals surface area contributed by atoms with Crippen LogP contribution in [0.5, 0.6) is 17.2 Å². The number of methoxy groups -OCH3 is 1. The molecular formula is C28H29F2N5O4. The summed E-state index contributed by atoms with van der Waals surface area (Å²) in [5.41, 5.74) is 0.991. The number of ether oxygens (including phenoxy) is 2. The van der Waals surface area contributed by atoms with Crippen molar-refractivity contribution in [1.29, 1.82) is 0 Å². The normalized spacial score (nSPS) is 11.5. The molecule has 2 amide bonds. The van der Waals surface area contributed by atoms with Crippen molar-refractivity contribution in [2.24, 2.45) is 0 Å². The van der Waals surface area contributed by atoms with Gasteiger partial charge in [0.05, 0.1) is 47.6 Å². The summed E-state index contributed by atoms with van der Waals surface area (Å²) >= 11 is 0. The van der Waals surface area contributed by atoms with Crippen LogP contribution in [0.1, 0.15) is 48.7 Å². The number of carbonyl (C=O) groups is 2. The minimum absolute atomic E-state index is 0.0783. The summed E-state index contributed by atoms with van der Waals surface area (Å²) in [5, 5.41) is 9.97. The molecule has 0 aliphatic carbocycles. The Morgan fingerprint density at radius 1 is 1.08 bits per heavy atom. The van der Waals surface area contributed by atoms with E-state index in [0.29, 0.717) is 27.9 Å². The molecule has 0 saturated carbocycles. The van der Waals surface area contributed by atoms with E-state index in [-0.39, 0.29) is 46.4 Å². The van der Waals surface area contributed by atoms with Gasteiger partial charge in [-0.15, -0.1) is 0 Å². The number of alkyl halides is 2. The summed E-state index contributed by atoms with van der Waals surface area (Å²) in [6.07, 6.45) is 1.74. The van der Waals surface area contributed by atoms with E-state index in [2.05, 4.69) is 20.7 Å². The van der Waals surface area contributed by atoms with Crippen LogP contribution in [0.15, 0.2) is 55.0 Å². The number of nitrogens with one attached hydrogen (secondary N) is 2. The molecular weight excluding hydrogens is 508 g/mol. The molecule has 4 rings (SSSR count). The largest absolute Gasteiger partial charge is 0.496 e. The number of fused-ring (bicyclic) bond motifs is 1. The smallest absolute Gasteiger partial charge is 0.267 e. The molecule has 4 aromatic rings. The fourth-order valence-corrected chi connectivity index (χ4v) is 3.95. The molecule has 0 aliphatic rings. The van der Waals surface area contributed by atoms with E-state index in [1.807, 2.05) is 20.8 Å². The Kier molecular flexibility index (Phi) is 7.80. The Labute approximate surface area is 224 Å². The average Bonchev–Trinajstić information content (AvgIpc) is 3.37. The van der Waals surface area contributed by atoms with Crippen LogP contribution in [0.2, 0.25) is 0 Å². The second kappa shape index (κ2) is 11.1. The van der Waals surface area contributed by atoms with Crippen molar-refractivity contribution in [1.82, 2.24) is 20.1 Å². The first-order chi connectivity index (χ1) is 18.5. The molecule has 0 fully saturated rings. The van der Waals surface area contributed by atoms with Crippen molar-refractivity contribution in [3.8, 4) is 17.2 Å². The van der Waals surface area contributed by atoms with Gasteiger partial charge in [-0.3, -0.25) is 19.3 Å². The van der Waals surface area contributed by atoms with E-state index in [9.17, 15) is 18.4 Å². The van der Waals surface area contributed by atoms with Crippen LogP contribution in [0, 0.1) is 0 Å². The predicted octanol–water partition coefficient (Wildman–Crippen LogP) is 5.47. The molecule has 0 spiro atoms. The molecule has 2 aromatic carbocycles. The van der Waals surface area contributed by atoms with E-state index in [1.165, 1.54) is 50.8 Å². The summed E-state index contributed by atoms with van der Waals surface area (Å²) in [7, 11) is 2.92. The molecule has 204 valence electrons. The van der Waals surface area contributed by atoms with Gasteiger partial charge in [0.2, 0.25) is 5.91 Å². The zero-order valence-corrected chi connectivity index (χ0v) is 22.2. The lowest BCUT2D eigenvalue weighted by Crippen LogP contribution is -2.22. The van der Waals surface area contributed by atoms with E-state index >= 15 is 0 Å². The lowest BCUT2D eigenvalue weighted by molar-refractivity contribution is -0.115. The maximum atomic E-state index is 14.1. The number of halogens is 2. The van der Waals surface area contributed by atoms with Gasteiger partial charge in [0.1, 0.15) is 17.2 Å². The highest BCUT2D eigenvalue weighted by molar-refractivity contribution is 6.02. The number of nitrogens with zero attached hydrogens (tertiary/aromatic N) is 3. The summed E-state index contributed by atoms with van der Waals surface area (Å²) in [5.74, 6) is -0.284. The van der Waals surface area contributed by atoms with Gasteiger partial charge < -0.3 is 20.1 Å². The van der Waals surface area contributed by atoms with Crippen LogP contribution in [0.25, 0.3) is 10.9 Å². The molecule has 2 heterocycles. The summed E-state index contributed by atoms with van der Waals surface area (Å²) < 4.78 is 41.1. The van der Waals surface area contributed by atoms with Gasteiger partial charge in [0.15, 0.2) is 0 Å². The summed E-state index contributed by atoms with van der Waals surface area (Å²) in [4.78, 5) is 29.2. The van der Waals surface area contributed by atoms with Crippen molar-refractivity contribution >= 4 is 28.4 Å². The minimum Gasteiger partial charge on any atom is -0.496 e. The summed E-state index contributed by atoms with van der Waals surface area (Å²) in [6, 6.07) is 8.85. The molecule has 2 aromatic heterocycles. The van der Waals surface area contributed by atoms with Crippen molar-refractivity contribution in [3.05, 3.63) is 71.7 Å². The number of pyridine rings is 1. The predicted molar refractivity (Wildman–Crippen MR) is 143 cm³/mol. The second-order valence-corrected chi connectivity index (χ2v) is 9.80. The van der Waals surface area contributed by atoms with Crippen LogP contribution in [0.3, 0.4) is 0 Å². The van der Waals surface area contributed by atoms with E-state index in [4.69, 9.17) is 9.47 Å². The molecule has 0 saturated heterocycles. The number of aromatic nitrogens is 3. The van der Waals surface area contributed by atoms with Gasteiger partial charge >= 0.3 is 0 Å². The molecule has 11 heteroatoms. The van der Waals surface area contributed by atoms with Crippen molar-refractivity contribution in [2.45, 2.75) is 39.2 Å². The van der Waals surface area contributed by atoms with E-state index < -0.39 is 6.43 Å². The molecule has 9 nitrogen and oxygen atoms in total. The van der Waals surface area contributed by atoms with Crippen LogP contribution < -0.4 is 20.1 Å². The minimum atomic E-state index is -2.86. The monoisotopic (exact) mass is 537 g/mol. The Bertz CT molecular complexity index is 1530. The SMILES string of the molecule is CNC(=O)c1cc2c(Oc3ccc(CC(=O)Nc4cnn(C(C)(C)C)c4)cc3C(F)F)ccnc2cc1OC. The van der Waals surface area contributed by atoms with Gasteiger partial charge in [0.25, 0.3) is 12.3 Å². The van der Waals surface area contributed by atoms with Crippen molar-refractivity contribution < 1.29 is 27.8 Å².